The van der Waals surface area contributed by atoms with Crippen LogP contribution in [-0.4, -0.2) is 17.6 Å². The van der Waals surface area contributed by atoms with Crippen LogP contribution in [0.25, 0.3) is 10.6 Å². The Morgan fingerprint density at radius 3 is 2.80 bits per heavy atom. The van der Waals surface area contributed by atoms with Gasteiger partial charge in [-0.15, -0.1) is 11.3 Å². The summed E-state index contributed by atoms with van der Waals surface area (Å²) in [5.74, 6) is -0.536. The van der Waals surface area contributed by atoms with E-state index in [0.29, 0.717) is 18.0 Å². The van der Waals surface area contributed by atoms with Crippen LogP contribution < -0.4 is 10.6 Å². The monoisotopic (exact) mass is 375 g/mol. The predicted octanol–water partition coefficient (Wildman–Crippen LogP) is 4.97. The minimum atomic E-state index is -0.536. The molecule has 128 valence electrons. The molecule has 0 aliphatic rings. The molecule has 0 unspecified atom stereocenters. The quantitative estimate of drug-likeness (QED) is 0.661. The maximum absolute atomic E-state index is 13.6. The minimum Gasteiger partial charge on any atom is -0.337 e. The second kappa shape index (κ2) is 8.09. The molecule has 0 atom stereocenters. The second-order valence-electron chi connectivity index (χ2n) is 5.27. The Labute approximate surface area is 153 Å². The van der Waals surface area contributed by atoms with E-state index in [2.05, 4.69) is 15.6 Å². The first-order chi connectivity index (χ1) is 12.1. The van der Waals surface area contributed by atoms with E-state index in [9.17, 15) is 9.18 Å². The number of urea groups is 1. The van der Waals surface area contributed by atoms with Crippen LogP contribution in [0.5, 0.6) is 0 Å². The number of hydrogen-bond acceptors (Lipinski definition) is 3. The van der Waals surface area contributed by atoms with Crippen molar-refractivity contribution in [3.63, 3.8) is 0 Å². The molecular weight excluding hydrogens is 361 g/mol. The van der Waals surface area contributed by atoms with Gasteiger partial charge in [-0.3, -0.25) is 0 Å². The fourth-order valence-corrected chi connectivity index (χ4v) is 3.23. The highest BCUT2D eigenvalue weighted by atomic mass is 35.5. The average molecular weight is 376 g/mol. The number of carbonyl (C=O) groups is 1. The van der Waals surface area contributed by atoms with E-state index in [0.717, 1.165) is 16.3 Å². The Morgan fingerprint density at radius 2 is 2.00 bits per heavy atom. The zero-order valence-corrected chi connectivity index (χ0v) is 14.7. The van der Waals surface area contributed by atoms with E-state index in [1.54, 1.807) is 11.3 Å². The van der Waals surface area contributed by atoms with Gasteiger partial charge in [-0.2, -0.15) is 0 Å². The third-order valence-corrected chi connectivity index (χ3v) is 4.59. The van der Waals surface area contributed by atoms with Gasteiger partial charge in [0.05, 0.1) is 11.4 Å². The van der Waals surface area contributed by atoms with E-state index in [4.69, 9.17) is 11.6 Å². The number of nitrogens with zero attached hydrogens (tertiary/aromatic N) is 1. The third-order valence-electron chi connectivity index (χ3n) is 3.42. The summed E-state index contributed by atoms with van der Waals surface area (Å²) < 4.78 is 13.6. The van der Waals surface area contributed by atoms with Crippen molar-refractivity contribution >= 4 is 34.7 Å². The van der Waals surface area contributed by atoms with Gasteiger partial charge in [0.1, 0.15) is 10.8 Å². The van der Waals surface area contributed by atoms with Gasteiger partial charge in [-0.25, -0.2) is 14.2 Å². The zero-order valence-electron chi connectivity index (χ0n) is 13.1. The van der Waals surface area contributed by atoms with Gasteiger partial charge >= 0.3 is 6.03 Å². The molecule has 4 nitrogen and oxygen atoms in total. The van der Waals surface area contributed by atoms with Crippen molar-refractivity contribution in [3.05, 3.63) is 70.4 Å². The molecule has 1 aromatic heterocycles. The van der Waals surface area contributed by atoms with Crippen LogP contribution in [0.1, 0.15) is 5.69 Å². The molecule has 3 rings (SSSR count). The molecule has 2 amide bonds. The predicted molar refractivity (Wildman–Crippen MR) is 99.7 cm³/mol. The molecular formula is C18H15ClFN3OS. The molecule has 0 fully saturated rings. The van der Waals surface area contributed by atoms with E-state index < -0.39 is 11.8 Å². The molecule has 0 spiro atoms. The van der Waals surface area contributed by atoms with Crippen molar-refractivity contribution in [1.82, 2.24) is 10.3 Å². The lowest BCUT2D eigenvalue weighted by Gasteiger charge is -2.08. The highest BCUT2D eigenvalue weighted by molar-refractivity contribution is 7.13. The Hall–Kier alpha value is -2.44. The first-order valence-corrected chi connectivity index (χ1v) is 8.87. The molecule has 2 N–H and O–H groups in total. The van der Waals surface area contributed by atoms with Crippen LogP contribution in [0.3, 0.4) is 0 Å². The molecule has 0 saturated heterocycles. The molecule has 0 bridgehead atoms. The Balaban J connectivity index is 1.50. The summed E-state index contributed by atoms with van der Waals surface area (Å²) in [5.41, 5.74) is 2.02. The number of anilines is 1. The molecule has 2 aromatic carbocycles. The second-order valence-corrected chi connectivity index (χ2v) is 6.56. The molecule has 0 saturated carbocycles. The smallest absolute Gasteiger partial charge is 0.319 e. The first kappa shape index (κ1) is 17.4. The van der Waals surface area contributed by atoms with Crippen LogP contribution in [0.2, 0.25) is 5.02 Å². The highest BCUT2D eigenvalue weighted by Crippen LogP contribution is 2.23. The summed E-state index contributed by atoms with van der Waals surface area (Å²) in [5, 5.41) is 8.39. The van der Waals surface area contributed by atoms with Crippen molar-refractivity contribution < 1.29 is 9.18 Å². The maximum atomic E-state index is 13.6. The SMILES string of the molecule is O=C(NCCc1csc(-c2ccccc2)n1)Nc1cc(Cl)ccc1F. The van der Waals surface area contributed by atoms with E-state index in [1.807, 2.05) is 35.7 Å². The zero-order chi connectivity index (χ0) is 17.6. The number of carbonyl (C=O) groups excluding carboxylic acids is 1. The number of hydrogen-bond donors (Lipinski definition) is 2. The lowest BCUT2D eigenvalue weighted by atomic mass is 10.2. The Bertz CT molecular complexity index is 870. The van der Waals surface area contributed by atoms with E-state index in [1.165, 1.54) is 18.2 Å². The van der Waals surface area contributed by atoms with Gasteiger partial charge in [0.15, 0.2) is 0 Å². The molecule has 1 heterocycles. The Kier molecular flexibility index (Phi) is 5.63. The molecule has 3 aromatic rings. The Morgan fingerprint density at radius 1 is 1.20 bits per heavy atom. The minimum absolute atomic E-state index is 0.0463. The fraction of sp³-hybridized carbons (Fsp3) is 0.111. The lowest BCUT2D eigenvalue weighted by Crippen LogP contribution is -2.30. The normalized spacial score (nSPS) is 10.5. The van der Waals surface area contributed by atoms with Gasteiger partial charge < -0.3 is 10.6 Å². The number of amides is 2. The summed E-state index contributed by atoms with van der Waals surface area (Å²) in [7, 11) is 0. The summed E-state index contributed by atoms with van der Waals surface area (Å²) in [6, 6.07) is 13.4. The van der Waals surface area contributed by atoms with Crippen LogP contribution in [0, 0.1) is 5.82 Å². The maximum Gasteiger partial charge on any atom is 0.319 e. The van der Waals surface area contributed by atoms with Crippen LogP contribution in [-0.2, 0) is 6.42 Å². The van der Waals surface area contributed by atoms with Crippen molar-refractivity contribution in [3.8, 4) is 10.6 Å². The van der Waals surface area contributed by atoms with E-state index >= 15 is 0 Å². The van der Waals surface area contributed by atoms with E-state index in [-0.39, 0.29) is 5.69 Å². The standard InChI is InChI=1S/C18H15ClFN3OS/c19-13-6-7-15(20)16(10-13)23-18(24)21-9-8-14-11-25-17(22-14)12-4-2-1-3-5-12/h1-7,10-11H,8-9H2,(H2,21,23,24). The highest BCUT2D eigenvalue weighted by Gasteiger charge is 2.08. The van der Waals surface area contributed by atoms with Gasteiger partial charge in [0.2, 0.25) is 0 Å². The van der Waals surface area contributed by atoms with Crippen LogP contribution in [0.15, 0.2) is 53.9 Å². The first-order valence-electron chi connectivity index (χ1n) is 7.61. The van der Waals surface area contributed by atoms with Gasteiger partial charge in [-0.05, 0) is 18.2 Å². The van der Waals surface area contributed by atoms with Crippen molar-refractivity contribution in [1.29, 1.82) is 0 Å². The summed E-state index contributed by atoms with van der Waals surface area (Å²) >= 11 is 7.36. The molecule has 0 aliphatic carbocycles. The number of nitrogens with one attached hydrogen (secondary N) is 2. The van der Waals surface area contributed by atoms with Crippen molar-refractivity contribution in [2.45, 2.75) is 6.42 Å². The summed E-state index contributed by atoms with van der Waals surface area (Å²) in [4.78, 5) is 16.4. The molecule has 0 aliphatic heterocycles. The van der Waals surface area contributed by atoms with Crippen LogP contribution in [0.4, 0.5) is 14.9 Å². The number of benzene rings is 2. The number of aromatic nitrogens is 1. The average Bonchev–Trinajstić information content (AvgIpc) is 3.08. The number of thiazole rings is 1. The van der Waals surface area contributed by atoms with Gasteiger partial charge in [0.25, 0.3) is 0 Å². The largest absolute Gasteiger partial charge is 0.337 e. The van der Waals surface area contributed by atoms with Crippen LogP contribution >= 0.6 is 22.9 Å². The van der Waals surface area contributed by atoms with Crippen molar-refractivity contribution in [2.24, 2.45) is 0 Å². The summed E-state index contributed by atoms with van der Waals surface area (Å²) in [6.45, 7) is 0.395. The van der Waals surface area contributed by atoms with Gasteiger partial charge in [0, 0.05) is 28.9 Å². The fourth-order valence-electron chi connectivity index (χ4n) is 2.20. The third kappa shape index (κ3) is 4.78. The van der Waals surface area contributed by atoms with Gasteiger partial charge in [-0.1, -0.05) is 41.9 Å². The number of rotatable bonds is 5. The molecule has 25 heavy (non-hydrogen) atoms. The lowest BCUT2D eigenvalue weighted by molar-refractivity contribution is 0.252. The number of halogens is 2. The molecule has 0 radical (unpaired) electrons. The van der Waals surface area contributed by atoms with Crippen molar-refractivity contribution in [2.75, 3.05) is 11.9 Å². The topological polar surface area (TPSA) is 54.0 Å². The summed E-state index contributed by atoms with van der Waals surface area (Å²) in [6.07, 6.45) is 0.592. The molecule has 7 heteroatoms.